The largest absolute Gasteiger partial charge is 0.444 e. The highest BCUT2D eigenvalue weighted by Crippen LogP contribution is 2.23. The highest BCUT2D eigenvalue weighted by atomic mass is 32.2. The van der Waals surface area contributed by atoms with Gasteiger partial charge >= 0.3 is 35.3 Å². The molecule has 0 atom stereocenters. The molecule has 4 rings (SSSR count). The number of rotatable bonds is 24. The standard InChI is InChI=1S/C45H72N6O9S6/c1-34-22-61-28-37(29-62-23-34)58-40(52)46-16-10-4-7-13-19-49-43(55)50(20-14-8-5-11-17-47-41(53)59-38-30-63-24-35(2)25-64-31-38)45(57)51(44(49)56)21-15-9-6-12-18-48-42(54)60-39-32-65-26-36(3)27-66-33-39/h37-39H,1-33H2,(H,46,52)(H,47,53)(H,48,54). The molecule has 372 valence electrons. The summed E-state index contributed by atoms with van der Waals surface area (Å²) in [5.41, 5.74) is 1.80. The monoisotopic (exact) mass is 1030 g/mol. The highest BCUT2D eigenvalue weighted by Gasteiger charge is 2.21. The summed E-state index contributed by atoms with van der Waals surface area (Å²) in [6.07, 6.45) is 6.73. The Hall–Kier alpha value is -2.46. The second kappa shape index (κ2) is 33.1. The molecule has 3 aliphatic heterocycles. The maximum Gasteiger partial charge on any atom is 0.407 e. The number of carbonyl (C=O) groups is 3. The van der Waals surface area contributed by atoms with Crippen LogP contribution < -0.4 is 33.0 Å². The van der Waals surface area contributed by atoms with Crippen LogP contribution in [0.25, 0.3) is 0 Å². The number of nitrogens with zero attached hydrogens (tertiary/aromatic N) is 3. The summed E-state index contributed by atoms with van der Waals surface area (Å²) >= 11 is 10.4. The molecule has 3 saturated heterocycles. The first-order valence-corrected chi connectivity index (χ1v) is 30.2. The van der Waals surface area contributed by atoms with Crippen LogP contribution in [0.1, 0.15) is 77.0 Å². The molecule has 15 nitrogen and oxygen atoms in total. The molecule has 0 saturated carbocycles. The van der Waals surface area contributed by atoms with Gasteiger partial charge in [-0.05, 0) is 38.5 Å². The molecule has 21 heteroatoms. The maximum atomic E-state index is 13.7. The van der Waals surface area contributed by atoms with Crippen LogP contribution in [0.2, 0.25) is 0 Å². The van der Waals surface area contributed by atoms with Gasteiger partial charge in [0.15, 0.2) is 0 Å². The van der Waals surface area contributed by atoms with Crippen LogP contribution in [-0.4, -0.2) is 139 Å². The fraction of sp³-hybridized carbons (Fsp3) is 0.733. The lowest BCUT2D eigenvalue weighted by molar-refractivity contribution is 0.118. The predicted octanol–water partition coefficient (Wildman–Crippen LogP) is 7.25. The Morgan fingerprint density at radius 2 is 0.636 bits per heavy atom. The molecule has 4 heterocycles. The predicted molar refractivity (Wildman–Crippen MR) is 281 cm³/mol. The fourth-order valence-corrected chi connectivity index (χ4v) is 13.7. The number of thioether (sulfide) groups is 6. The number of hydrogen-bond acceptors (Lipinski definition) is 15. The van der Waals surface area contributed by atoms with Crippen molar-refractivity contribution in [3.05, 3.63) is 67.9 Å². The number of nitrogens with one attached hydrogen (secondary N) is 3. The smallest absolute Gasteiger partial charge is 0.407 e. The molecule has 1 aromatic rings. The zero-order valence-electron chi connectivity index (χ0n) is 38.5. The van der Waals surface area contributed by atoms with Crippen molar-refractivity contribution < 1.29 is 28.6 Å². The van der Waals surface area contributed by atoms with Gasteiger partial charge in [-0.2, -0.15) is 70.6 Å². The van der Waals surface area contributed by atoms with Gasteiger partial charge in [-0.25, -0.2) is 42.5 Å². The van der Waals surface area contributed by atoms with E-state index in [1.807, 2.05) is 0 Å². The van der Waals surface area contributed by atoms with Crippen molar-refractivity contribution in [2.24, 2.45) is 0 Å². The minimum absolute atomic E-state index is 0.138. The van der Waals surface area contributed by atoms with Crippen molar-refractivity contribution in [1.29, 1.82) is 0 Å². The number of alkyl carbamates (subject to hydrolysis) is 3. The second-order valence-corrected chi connectivity index (χ2v) is 22.9. The van der Waals surface area contributed by atoms with Crippen molar-refractivity contribution in [3.63, 3.8) is 0 Å². The first kappa shape index (κ1) is 56.1. The lowest BCUT2D eigenvalue weighted by atomic mass is 10.2. The molecule has 3 fully saturated rings. The molecule has 0 aliphatic carbocycles. The van der Waals surface area contributed by atoms with Crippen molar-refractivity contribution in [2.75, 3.05) is 88.7 Å². The summed E-state index contributed by atoms with van der Waals surface area (Å²) in [4.78, 5) is 78.2. The second-order valence-electron chi connectivity index (χ2n) is 16.7. The summed E-state index contributed by atoms with van der Waals surface area (Å²) in [5, 5.41) is 8.53. The van der Waals surface area contributed by atoms with Gasteiger partial charge in [0, 0.05) is 108 Å². The topological polar surface area (TPSA) is 181 Å². The molecular formula is C45H72N6O9S6. The van der Waals surface area contributed by atoms with E-state index in [1.165, 1.54) is 30.4 Å². The maximum absolute atomic E-state index is 13.7. The quantitative estimate of drug-likeness (QED) is 0.0535. The van der Waals surface area contributed by atoms with Crippen LogP contribution in [0.3, 0.4) is 0 Å². The number of ether oxygens (including phenoxy) is 3. The molecular weight excluding hydrogens is 961 g/mol. The van der Waals surface area contributed by atoms with Crippen LogP contribution in [-0.2, 0) is 33.8 Å². The molecule has 0 bridgehead atoms. The third-order valence-corrected chi connectivity index (χ3v) is 17.9. The summed E-state index contributed by atoms with van der Waals surface area (Å²) in [5.74, 6) is 9.75. The molecule has 0 radical (unpaired) electrons. The fourth-order valence-electron chi connectivity index (χ4n) is 7.13. The van der Waals surface area contributed by atoms with Crippen LogP contribution in [0, 0.1) is 0 Å². The van der Waals surface area contributed by atoms with Gasteiger partial charge in [-0.1, -0.05) is 75.0 Å². The molecule has 0 unspecified atom stereocenters. The lowest BCUT2D eigenvalue weighted by Gasteiger charge is -2.20. The average Bonchev–Trinajstić information content (AvgIpc) is 3.25. The Balaban J connectivity index is 1.21. The summed E-state index contributed by atoms with van der Waals surface area (Å²) in [6.45, 7) is 14.1. The van der Waals surface area contributed by atoms with E-state index in [4.69, 9.17) is 14.2 Å². The Bertz CT molecular complexity index is 1620. The van der Waals surface area contributed by atoms with Gasteiger partial charge in [0.25, 0.3) is 0 Å². The molecule has 0 spiro atoms. The minimum Gasteiger partial charge on any atom is -0.444 e. The van der Waals surface area contributed by atoms with E-state index in [9.17, 15) is 28.8 Å². The van der Waals surface area contributed by atoms with Crippen molar-refractivity contribution in [3.8, 4) is 0 Å². The van der Waals surface area contributed by atoms with E-state index in [2.05, 4.69) is 35.7 Å². The van der Waals surface area contributed by atoms with Crippen LogP contribution in [0.5, 0.6) is 0 Å². The molecule has 3 N–H and O–H groups in total. The van der Waals surface area contributed by atoms with E-state index in [-0.39, 0.29) is 37.9 Å². The normalized spacial score (nSPS) is 17.4. The minimum atomic E-state index is -0.597. The Morgan fingerprint density at radius 1 is 0.409 bits per heavy atom. The number of amides is 3. The van der Waals surface area contributed by atoms with E-state index in [0.29, 0.717) is 38.9 Å². The van der Waals surface area contributed by atoms with Crippen LogP contribution >= 0.6 is 70.6 Å². The van der Waals surface area contributed by atoms with Gasteiger partial charge in [0.05, 0.1) is 0 Å². The number of unbranched alkanes of at least 4 members (excludes halogenated alkanes) is 9. The summed E-state index contributed by atoms with van der Waals surface area (Å²) in [7, 11) is 0. The van der Waals surface area contributed by atoms with Crippen molar-refractivity contribution in [1.82, 2.24) is 29.7 Å². The lowest BCUT2D eigenvalue weighted by Crippen LogP contribution is -2.54. The number of carbonyl (C=O) groups excluding carboxylic acids is 3. The van der Waals surface area contributed by atoms with E-state index in [1.54, 1.807) is 70.6 Å². The molecule has 0 aromatic carbocycles. The Kier molecular flexibility index (Phi) is 28.2. The third-order valence-electron chi connectivity index (χ3n) is 10.6. The zero-order chi connectivity index (χ0) is 47.4. The summed E-state index contributed by atoms with van der Waals surface area (Å²) in [6, 6.07) is 0. The van der Waals surface area contributed by atoms with Gasteiger partial charge < -0.3 is 30.2 Å². The Labute approximate surface area is 416 Å². The van der Waals surface area contributed by atoms with Gasteiger partial charge in [-0.3, -0.25) is 0 Å². The molecule has 3 aliphatic rings. The first-order chi connectivity index (χ1) is 32.0. The SMILES string of the molecule is C=C1CSCC(OC(=O)NCCCCCCn2c(=O)n(CCCCCCNC(=O)OC3CSCC(=C)CSC3)c(=O)n(CCCCCCNC(=O)OC3CSCC(=C)CSC3)c2=O)CSC1. The van der Waals surface area contributed by atoms with Crippen LogP contribution in [0.4, 0.5) is 14.4 Å². The highest BCUT2D eigenvalue weighted by molar-refractivity contribution is 8.02. The van der Waals surface area contributed by atoms with Crippen molar-refractivity contribution in [2.45, 2.75) is 115 Å². The van der Waals surface area contributed by atoms with Crippen LogP contribution in [0.15, 0.2) is 50.8 Å². The van der Waals surface area contributed by atoms with Gasteiger partial charge in [0.2, 0.25) is 0 Å². The molecule has 1 aromatic heterocycles. The van der Waals surface area contributed by atoms with E-state index in [0.717, 1.165) is 127 Å². The van der Waals surface area contributed by atoms with Gasteiger partial charge in [0.1, 0.15) is 18.3 Å². The first-order valence-electron chi connectivity index (χ1n) is 23.2. The molecule has 66 heavy (non-hydrogen) atoms. The zero-order valence-corrected chi connectivity index (χ0v) is 43.4. The Morgan fingerprint density at radius 3 is 0.879 bits per heavy atom. The van der Waals surface area contributed by atoms with E-state index >= 15 is 0 Å². The van der Waals surface area contributed by atoms with E-state index < -0.39 is 35.3 Å². The molecule has 3 amide bonds. The number of aromatic nitrogens is 3. The summed E-state index contributed by atoms with van der Waals surface area (Å²) < 4.78 is 20.4. The number of hydrogen-bond donors (Lipinski definition) is 3. The van der Waals surface area contributed by atoms with Crippen molar-refractivity contribution >= 4 is 88.9 Å². The van der Waals surface area contributed by atoms with Gasteiger partial charge in [-0.15, -0.1) is 0 Å². The average molecular weight is 1030 g/mol. The third kappa shape index (κ3) is 22.8.